The summed E-state index contributed by atoms with van der Waals surface area (Å²) in [5.41, 5.74) is 0.837. The van der Waals surface area contributed by atoms with Gasteiger partial charge in [-0.05, 0) is 67.9 Å². The highest BCUT2D eigenvalue weighted by Gasteiger charge is 2.37. The largest absolute Gasteiger partial charge is 0.493 e. The number of ether oxygens (including phenoxy) is 1. The fraction of sp³-hybridized carbons (Fsp3) is 0.684. The van der Waals surface area contributed by atoms with Gasteiger partial charge in [0.05, 0.1) is 12.2 Å². The molecule has 3 rings (SSSR count). The Labute approximate surface area is 128 Å². The lowest BCUT2D eigenvalue weighted by Gasteiger charge is -2.40. The Kier molecular flexibility index (Phi) is 4.26. The summed E-state index contributed by atoms with van der Waals surface area (Å²) in [7, 11) is 0. The maximum atomic E-state index is 11.0. The highest BCUT2D eigenvalue weighted by atomic mass is 16.5. The predicted octanol–water partition coefficient (Wildman–Crippen LogP) is 4.52. The van der Waals surface area contributed by atoms with Crippen LogP contribution in [0.2, 0.25) is 0 Å². The van der Waals surface area contributed by atoms with Crippen molar-refractivity contribution in [1.82, 2.24) is 0 Å². The molecule has 0 aromatic heterocycles. The molecule has 1 aromatic rings. The lowest BCUT2D eigenvalue weighted by molar-refractivity contribution is -0.0297. The second kappa shape index (κ2) is 6.00. The van der Waals surface area contributed by atoms with Gasteiger partial charge in [-0.25, -0.2) is 0 Å². The van der Waals surface area contributed by atoms with Crippen molar-refractivity contribution in [2.24, 2.45) is 11.8 Å². The summed E-state index contributed by atoms with van der Waals surface area (Å²) < 4.78 is 5.74. The van der Waals surface area contributed by atoms with E-state index in [0.29, 0.717) is 5.92 Å². The SMILES string of the molecule is CC(C)C1CCC(O)(CC2CCOc3ccccc32)CC1. The summed E-state index contributed by atoms with van der Waals surface area (Å²) in [5.74, 6) is 3.02. The molecule has 1 aromatic carbocycles. The standard InChI is InChI=1S/C19H28O2/c1-14(2)15-7-10-19(20,11-8-15)13-16-9-12-21-18-6-4-3-5-17(16)18/h3-6,14-16,20H,7-13H2,1-2H3. The lowest BCUT2D eigenvalue weighted by Crippen LogP contribution is -2.37. The molecule has 0 amide bonds. The molecule has 0 radical (unpaired) electrons. The van der Waals surface area contributed by atoms with E-state index in [-0.39, 0.29) is 0 Å². The molecule has 1 N–H and O–H groups in total. The van der Waals surface area contributed by atoms with Crippen molar-refractivity contribution >= 4 is 0 Å². The van der Waals surface area contributed by atoms with Crippen LogP contribution in [0.1, 0.15) is 63.9 Å². The summed E-state index contributed by atoms with van der Waals surface area (Å²) in [6.07, 6.45) is 6.23. The molecule has 21 heavy (non-hydrogen) atoms. The molecule has 1 aliphatic heterocycles. The highest BCUT2D eigenvalue weighted by molar-refractivity contribution is 5.38. The summed E-state index contributed by atoms with van der Waals surface area (Å²) in [6, 6.07) is 8.34. The first kappa shape index (κ1) is 14.9. The monoisotopic (exact) mass is 288 g/mol. The smallest absolute Gasteiger partial charge is 0.122 e. The highest BCUT2D eigenvalue weighted by Crippen LogP contribution is 2.44. The normalized spacial score (nSPS) is 32.6. The molecule has 2 heteroatoms. The number of hydrogen-bond donors (Lipinski definition) is 1. The maximum absolute atomic E-state index is 11.0. The number of fused-ring (bicyclic) bond motifs is 1. The van der Waals surface area contributed by atoms with Crippen molar-refractivity contribution in [3.63, 3.8) is 0 Å². The number of benzene rings is 1. The average molecular weight is 288 g/mol. The third-order valence-electron chi connectivity index (χ3n) is 5.61. The molecule has 0 spiro atoms. The van der Waals surface area contributed by atoms with Crippen molar-refractivity contribution in [3.8, 4) is 5.75 Å². The van der Waals surface area contributed by atoms with E-state index < -0.39 is 5.60 Å². The summed E-state index contributed by atoms with van der Waals surface area (Å²) in [6.45, 7) is 5.40. The van der Waals surface area contributed by atoms with Gasteiger partial charge in [-0.3, -0.25) is 0 Å². The Balaban J connectivity index is 1.67. The zero-order valence-electron chi connectivity index (χ0n) is 13.3. The fourth-order valence-electron chi connectivity index (χ4n) is 4.13. The third-order valence-corrected chi connectivity index (χ3v) is 5.61. The predicted molar refractivity (Wildman–Crippen MR) is 85.7 cm³/mol. The molecule has 1 saturated carbocycles. The van der Waals surface area contributed by atoms with Crippen LogP contribution in [0.25, 0.3) is 0 Å². The molecule has 2 nitrogen and oxygen atoms in total. The van der Waals surface area contributed by atoms with E-state index in [2.05, 4.69) is 32.0 Å². The van der Waals surface area contributed by atoms with E-state index in [4.69, 9.17) is 4.74 Å². The van der Waals surface area contributed by atoms with Crippen LogP contribution in [0.3, 0.4) is 0 Å². The minimum atomic E-state index is -0.458. The van der Waals surface area contributed by atoms with Crippen molar-refractivity contribution in [1.29, 1.82) is 0 Å². The molecule has 0 saturated heterocycles. The quantitative estimate of drug-likeness (QED) is 0.886. The lowest BCUT2D eigenvalue weighted by atomic mass is 9.70. The first-order valence-electron chi connectivity index (χ1n) is 8.51. The van der Waals surface area contributed by atoms with E-state index in [1.54, 1.807) is 0 Å². The van der Waals surface area contributed by atoms with Crippen LogP contribution in [0.4, 0.5) is 0 Å². The summed E-state index contributed by atoms with van der Waals surface area (Å²) >= 11 is 0. The Morgan fingerprint density at radius 2 is 1.90 bits per heavy atom. The van der Waals surface area contributed by atoms with Crippen molar-refractivity contribution in [2.75, 3.05) is 6.61 Å². The Hall–Kier alpha value is -1.02. The maximum Gasteiger partial charge on any atom is 0.122 e. The van der Waals surface area contributed by atoms with Crippen LogP contribution in [0.15, 0.2) is 24.3 Å². The summed E-state index contributed by atoms with van der Waals surface area (Å²) in [4.78, 5) is 0. The van der Waals surface area contributed by atoms with Gasteiger partial charge in [-0.15, -0.1) is 0 Å². The molecule has 116 valence electrons. The fourth-order valence-corrected chi connectivity index (χ4v) is 4.13. The molecule has 1 aliphatic carbocycles. The van der Waals surface area contributed by atoms with Gasteiger partial charge in [0, 0.05) is 0 Å². The number of aliphatic hydroxyl groups is 1. The van der Waals surface area contributed by atoms with Gasteiger partial charge in [-0.1, -0.05) is 32.0 Å². The van der Waals surface area contributed by atoms with E-state index in [1.165, 1.54) is 18.4 Å². The van der Waals surface area contributed by atoms with Gasteiger partial charge in [0.1, 0.15) is 5.75 Å². The van der Waals surface area contributed by atoms with E-state index in [0.717, 1.165) is 49.9 Å². The minimum Gasteiger partial charge on any atom is -0.493 e. The Morgan fingerprint density at radius 1 is 1.19 bits per heavy atom. The third kappa shape index (κ3) is 3.26. The van der Waals surface area contributed by atoms with Crippen molar-refractivity contribution in [2.45, 2.75) is 63.9 Å². The average Bonchev–Trinajstić information content (AvgIpc) is 2.48. The van der Waals surface area contributed by atoms with Crippen LogP contribution < -0.4 is 4.74 Å². The molecule has 1 heterocycles. The van der Waals surface area contributed by atoms with Gasteiger partial charge in [0.25, 0.3) is 0 Å². The molecule has 1 atom stereocenters. The Bertz CT molecular complexity index is 472. The minimum absolute atomic E-state index is 0.454. The van der Waals surface area contributed by atoms with Gasteiger partial charge in [0.15, 0.2) is 0 Å². The molecule has 2 aliphatic rings. The number of rotatable bonds is 3. The van der Waals surface area contributed by atoms with Gasteiger partial charge in [0.2, 0.25) is 0 Å². The van der Waals surface area contributed by atoms with Crippen LogP contribution in [0, 0.1) is 11.8 Å². The zero-order valence-corrected chi connectivity index (χ0v) is 13.3. The molecule has 1 unspecified atom stereocenters. The van der Waals surface area contributed by atoms with Crippen LogP contribution in [-0.4, -0.2) is 17.3 Å². The zero-order chi connectivity index (χ0) is 14.9. The van der Waals surface area contributed by atoms with E-state index in [9.17, 15) is 5.11 Å². The van der Waals surface area contributed by atoms with Crippen molar-refractivity contribution < 1.29 is 9.84 Å². The number of para-hydroxylation sites is 1. The molecule has 1 fully saturated rings. The van der Waals surface area contributed by atoms with Gasteiger partial charge >= 0.3 is 0 Å². The van der Waals surface area contributed by atoms with Gasteiger partial charge in [-0.2, -0.15) is 0 Å². The van der Waals surface area contributed by atoms with Crippen LogP contribution >= 0.6 is 0 Å². The van der Waals surface area contributed by atoms with Crippen molar-refractivity contribution in [3.05, 3.63) is 29.8 Å². The first-order chi connectivity index (χ1) is 10.1. The number of hydrogen-bond acceptors (Lipinski definition) is 2. The Morgan fingerprint density at radius 3 is 2.62 bits per heavy atom. The molecular formula is C19H28O2. The first-order valence-corrected chi connectivity index (χ1v) is 8.51. The molecular weight excluding hydrogens is 260 g/mol. The van der Waals surface area contributed by atoms with E-state index >= 15 is 0 Å². The topological polar surface area (TPSA) is 29.5 Å². The van der Waals surface area contributed by atoms with Gasteiger partial charge < -0.3 is 9.84 Å². The summed E-state index contributed by atoms with van der Waals surface area (Å²) in [5, 5.41) is 11.0. The van der Waals surface area contributed by atoms with Crippen LogP contribution in [-0.2, 0) is 0 Å². The van der Waals surface area contributed by atoms with E-state index in [1.807, 2.05) is 6.07 Å². The van der Waals surface area contributed by atoms with Crippen LogP contribution in [0.5, 0.6) is 5.75 Å². The molecule has 0 bridgehead atoms. The second-order valence-electron chi connectivity index (χ2n) is 7.38. The second-order valence-corrected chi connectivity index (χ2v) is 7.38.